The number of nitrogens with zero attached hydrogens (tertiary/aromatic N) is 2. The number of nitrogens with two attached hydrogens (primary N) is 1. The average Bonchev–Trinajstić information content (AvgIpc) is 3.13. The second kappa shape index (κ2) is 5.20. The summed E-state index contributed by atoms with van der Waals surface area (Å²) < 4.78 is 10.4. The maximum atomic E-state index is 11.7. The standard InChI is InChI=1S/C13H14N4O3/c14-9-3-1-2-4-10(9)19-7-11-16-12(17-20-11)13(18)15-8-5-6-8/h1-4,8H,5-7,14H2,(H,15,18). The van der Waals surface area contributed by atoms with Crippen LogP contribution in [0.2, 0.25) is 0 Å². The Labute approximate surface area is 115 Å². The number of benzene rings is 1. The first-order chi connectivity index (χ1) is 9.72. The normalized spacial score (nSPS) is 14.0. The Morgan fingerprint density at radius 1 is 1.45 bits per heavy atom. The topological polar surface area (TPSA) is 103 Å². The minimum atomic E-state index is -0.318. The highest BCUT2D eigenvalue weighted by atomic mass is 16.5. The summed E-state index contributed by atoms with van der Waals surface area (Å²) in [6.07, 6.45) is 2.01. The van der Waals surface area contributed by atoms with E-state index in [0.29, 0.717) is 11.4 Å². The number of aromatic nitrogens is 2. The molecule has 0 unspecified atom stereocenters. The molecule has 1 aliphatic carbocycles. The van der Waals surface area contributed by atoms with E-state index < -0.39 is 0 Å². The second-order valence-electron chi connectivity index (χ2n) is 4.59. The Hall–Kier alpha value is -2.57. The molecule has 1 saturated carbocycles. The zero-order chi connectivity index (χ0) is 13.9. The van der Waals surface area contributed by atoms with E-state index in [4.69, 9.17) is 15.0 Å². The third-order valence-electron chi connectivity index (χ3n) is 2.85. The molecule has 7 nitrogen and oxygen atoms in total. The number of hydrogen-bond donors (Lipinski definition) is 2. The monoisotopic (exact) mass is 274 g/mol. The molecule has 7 heteroatoms. The van der Waals surface area contributed by atoms with Crippen LogP contribution in [0, 0.1) is 0 Å². The fourth-order valence-electron chi connectivity index (χ4n) is 1.63. The summed E-state index contributed by atoms with van der Waals surface area (Å²) in [5.74, 6) is 0.474. The molecule has 1 heterocycles. The van der Waals surface area contributed by atoms with Gasteiger partial charge in [-0.2, -0.15) is 4.98 Å². The van der Waals surface area contributed by atoms with Crippen LogP contribution in [0.15, 0.2) is 28.8 Å². The average molecular weight is 274 g/mol. The van der Waals surface area contributed by atoms with Gasteiger partial charge in [0, 0.05) is 6.04 Å². The van der Waals surface area contributed by atoms with Gasteiger partial charge in [0.25, 0.3) is 17.6 Å². The van der Waals surface area contributed by atoms with E-state index in [1.165, 1.54) is 0 Å². The van der Waals surface area contributed by atoms with Crippen LogP contribution in [0.3, 0.4) is 0 Å². The van der Waals surface area contributed by atoms with E-state index >= 15 is 0 Å². The van der Waals surface area contributed by atoms with Crippen molar-refractivity contribution in [3.05, 3.63) is 36.0 Å². The van der Waals surface area contributed by atoms with Gasteiger partial charge in [-0.3, -0.25) is 4.79 Å². The van der Waals surface area contributed by atoms with Crippen LogP contribution < -0.4 is 15.8 Å². The molecule has 3 rings (SSSR count). The Bertz CT molecular complexity index is 622. The molecule has 20 heavy (non-hydrogen) atoms. The molecule has 104 valence electrons. The van der Waals surface area contributed by atoms with Crippen molar-refractivity contribution in [2.75, 3.05) is 5.73 Å². The number of hydrogen-bond acceptors (Lipinski definition) is 6. The Morgan fingerprint density at radius 2 is 2.25 bits per heavy atom. The molecular formula is C13H14N4O3. The van der Waals surface area contributed by atoms with Gasteiger partial charge < -0.3 is 20.3 Å². The molecule has 1 fully saturated rings. The Kier molecular flexibility index (Phi) is 3.24. The third kappa shape index (κ3) is 2.87. The first-order valence-electron chi connectivity index (χ1n) is 6.33. The van der Waals surface area contributed by atoms with Crippen LogP contribution in [-0.2, 0) is 6.61 Å². The minimum Gasteiger partial charge on any atom is -0.482 e. The van der Waals surface area contributed by atoms with Crippen molar-refractivity contribution in [1.82, 2.24) is 15.5 Å². The number of amides is 1. The molecule has 0 saturated heterocycles. The smallest absolute Gasteiger partial charge is 0.292 e. The quantitative estimate of drug-likeness (QED) is 0.792. The first kappa shape index (κ1) is 12.5. The number of rotatable bonds is 5. The van der Waals surface area contributed by atoms with Crippen LogP contribution in [0.5, 0.6) is 5.75 Å². The summed E-state index contributed by atoms with van der Waals surface area (Å²) in [6, 6.07) is 7.36. The van der Waals surface area contributed by atoms with Crippen molar-refractivity contribution in [3.63, 3.8) is 0 Å². The van der Waals surface area contributed by atoms with Gasteiger partial charge in [0.15, 0.2) is 6.61 Å². The summed E-state index contributed by atoms with van der Waals surface area (Å²) in [5.41, 5.74) is 6.27. The molecule has 1 aromatic heterocycles. The summed E-state index contributed by atoms with van der Waals surface area (Å²) in [7, 11) is 0. The summed E-state index contributed by atoms with van der Waals surface area (Å²) in [4.78, 5) is 15.7. The maximum Gasteiger partial charge on any atom is 0.292 e. The van der Waals surface area contributed by atoms with Crippen LogP contribution >= 0.6 is 0 Å². The lowest BCUT2D eigenvalue weighted by Gasteiger charge is -2.05. The second-order valence-corrected chi connectivity index (χ2v) is 4.59. The van der Waals surface area contributed by atoms with E-state index in [0.717, 1.165) is 12.8 Å². The molecule has 0 aliphatic heterocycles. The highest BCUT2D eigenvalue weighted by Crippen LogP contribution is 2.21. The molecule has 1 amide bonds. The van der Waals surface area contributed by atoms with Crippen LogP contribution in [0.25, 0.3) is 0 Å². The first-order valence-corrected chi connectivity index (χ1v) is 6.33. The highest BCUT2D eigenvalue weighted by molar-refractivity contribution is 5.90. The summed E-state index contributed by atoms with van der Waals surface area (Å²) >= 11 is 0. The molecule has 0 atom stereocenters. The maximum absolute atomic E-state index is 11.7. The molecule has 2 aromatic rings. The number of carbonyl (C=O) groups is 1. The van der Waals surface area contributed by atoms with Gasteiger partial charge >= 0.3 is 0 Å². The molecule has 1 aromatic carbocycles. The SMILES string of the molecule is Nc1ccccc1OCc1nc(C(=O)NC2CC2)no1. The van der Waals surface area contributed by atoms with Gasteiger partial charge in [-0.15, -0.1) is 0 Å². The van der Waals surface area contributed by atoms with Crippen molar-refractivity contribution in [2.45, 2.75) is 25.5 Å². The van der Waals surface area contributed by atoms with Gasteiger partial charge in [0.1, 0.15) is 5.75 Å². The van der Waals surface area contributed by atoms with E-state index in [2.05, 4.69) is 15.5 Å². The number of nitrogen functional groups attached to an aromatic ring is 1. The highest BCUT2D eigenvalue weighted by Gasteiger charge is 2.26. The summed E-state index contributed by atoms with van der Waals surface area (Å²) in [5, 5.41) is 6.40. The number of anilines is 1. The van der Waals surface area contributed by atoms with Gasteiger partial charge in [-0.05, 0) is 25.0 Å². The molecular weight excluding hydrogens is 260 g/mol. The zero-order valence-corrected chi connectivity index (χ0v) is 10.7. The van der Waals surface area contributed by atoms with Crippen molar-refractivity contribution in [2.24, 2.45) is 0 Å². The number of para-hydroxylation sites is 2. The van der Waals surface area contributed by atoms with Gasteiger partial charge in [0.2, 0.25) is 0 Å². The molecule has 1 aliphatic rings. The van der Waals surface area contributed by atoms with Gasteiger partial charge in [0.05, 0.1) is 5.69 Å². The van der Waals surface area contributed by atoms with Crippen molar-refractivity contribution in [3.8, 4) is 5.75 Å². The Morgan fingerprint density at radius 3 is 3.00 bits per heavy atom. The van der Waals surface area contributed by atoms with Crippen molar-refractivity contribution in [1.29, 1.82) is 0 Å². The van der Waals surface area contributed by atoms with E-state index in [1.54, 1.807) is 12.1 Å². The van der Waals surface area contributed by atoms with Gasteiger partial charge in [-0.25, -0.2) is 0 Å². The van der Waals surface area contributed by atoms with Crippen LogP contribution in [0.4, 0.5) is 5.69 Å². The predicted molar refractivity (Wildman–Crippen MR) is 70.0 cm³/mol. The van der Waals surface area contributed by atoms with Gasteiger partial charge in [-0.1, -0.05) is 17.3 Å². The molecule has 0 radical (unpaired) electrons. The predicted octanol–water partition coefficient (Wildman–Crippen LogP) is 1.12. The fraction of sp³-hybridized carbons (Fsp3) is 0.308. The van der Waals surface area contributed by atoms with Crippen molar-refractivity contribution >= 4 is 11.6 Å². The molecule has 0 spiro atoms. The van der Waals surface area contributed by atoms with E-state index in [9.17, 15) is 4.79 Å². The van der Waals surface area contributed by atoms with E-state index in [1.807, 2.05) is 12.1 Å². The van der Waals surface area contributed by atoms with Crippen LogP contribution in [-0.4, -0.2) is 22.1 Å². The fourth-order valence-corrected chi connectivity index (χ4v) is 1.63. The van der Waals surface area contributed by atoms with E-state index in [-0.39, 0.29) is 30.3 Å². The Balaban J connectivity index is 1.59. The van der Waals surface area contributed by atoms with Crippen LogP contribution in [0.1, 0.15) is 29.4 Å². The lowest BCUT2D eigenvalue weighted by Crippen LogP contribution is -2.26. The minimum absolute atomic E-state index is 0.0246. The lowest BCUT2D eigenvalue weighted by molar-refractivity contribution is 0.0937. The number of carbonyl (C=O) groups excluding carboxylic acids is 1. The third-order valence-corrected chi connectivity index (χ3v) is 2.85. The van der Waals surface area contributed by atoms with Crippen molar-refractivity contribution < 1.29 is 14.1 Å². The molecule has 3 N–H and O–H groups in total. The lowest BCUT2D eigenvalue weighted by atomic mass is 10.3. The zero-order valence-electron chi connectivity index (χ0n) is 10.7. The largest absolute Gasteiger partial charge is 0.482 e. The summed E-state index contributed by atoms with van der Waals surface area (Å²) in [6.45, 7) is 0.0674. The number of nitrogens with one attached hydrogen (secondary N) is 1. The molecule has 0 bridgehead atoms. The number of ether oxygens (including phenoxy) is 1.